The van der Waals surface area contributed by atoms with Gasteiger partial charge < -0.3 is 15.2 Å². The molecule has 0 aliphatic carbocycles. The first-order chi connectivity index (χ1) is 12.1. The SMILES string of the molecule is COc1cc(CN)cc(Br)c1Oc1cc(-c2ccccc2)nc(C)n1. The Hall–Kier alpha value is -2.44. The number of hydrogen-bond acceptors (Lipinski definition) is 5. The molecule has 0 amide bonds. The Morgan fingerprint density at radius 2 is 1.84 bits per heavy atom. The second-order valence-electron chi connectivity index (χ2n) is 5.42. The number of benzene rings is 2. The smallest absolute Gasteiger partial charge is 0.223 e. The molecular weight excluding hydrogens is 382 g/mol. The van der Waals surface area contributed by atoms with Gasteiger partial charge in [-0.15, -0.1) is 0 Å². The first kappa shape index (κ1) is 17.4. The molecule has 2 aromatic carbocycles. The van der Waals surface area contributed by atoms with Crippen LogP contribution in [0, 0.1) is 6.92 Å². The number of halogens is 1. The zero-order valence-corrected chi connectivity index (χ0v) is 15.6. The van der Waals surface area contributed by atoms with E-state index in [0.29, 0.717) is 29.7 Å². The summed E-state index contributed by atoms with van der Waals surface area (Å²) in [5.74, 6) is 2.22. The van der Waals surface area contributed by atoms with Gasteiger partial charge in [-0.2, -0.15) is 4.98 Å². The molecule has 0 atom stereocenters. The molecule has 0 saturated heterocycles. The molecule has 6 heteroatoms. The second kappa shape index (κ2) is 7.63. The molecule has 128 valence electrons. The molecule has 0 saturated carbocycles. The van der Waals surface area contributed by atoms with Crippen LogP contribution in [-0.2, 0) is 6.54 Å². The third-order valence-electron chi connectivity index (χ3n) is 3.62. The number of hydrogen-bond donors (Lipinski definition) is 1. The van der Waals surface area contributed by atoms with Crippen molar-refractivity contribution in [2.24, 2.45) is 5.73 Å². The third-order valence-corrected chi connectivity index (χ3v) is 4.20. The molecule has 0 bridgehead atoms. The summed E-state index contributed by atoms with van der Waals surface area (Å²) in [6.07, 6.45) is 0. The van der Waals surface area contributed by atoms with E-state index in [2.05, 4.69) is 25.9 Å². The van der Waals surface area contributed by atoms with Crippen molar-refractivity contribution in [1.82, 2.24) is 9.97 Å². The predicted molar refractivity (Wildman–Crippen MR) is 101 cm³/mol. The highest BCUT2D eigenvalue weighted by atomic mass is 79.9. The maximum absolute atomic E-state index is 6.01. The molecule has 0 unspecified atom stereocenters. The zero-order chi connectivity index (χ0) is 17.8. The van der Waals surface area contributed by atoms with E-state index >= 15 is 0 Å². The Bertz CT molecular complexity index is 885. The minimum absolute atomic E-state index is 0.417. The van der Waals surface area contributed by atoms with Gasteiger partial charge in [-0.25, -0.2) is 4.98 Å². The molecular formula is C19H18BrN3O2. The molecule has 0 radical (unpaired) electrons. The van der Waals surface area contributed by atoms with Crippen molar-refractivity contribution in [3.63, 3.8) is 0 Å². The van der Waals surface area contributed by atoms with E-state index < -0.39 is 0 Å². The number of aromatic nitrogens is 2. The monoisotopic (exact) mass is 399 g/mol. The van der Waals surface area contributed by atoms with E-state index in [1.165, 1.54) is 0 Å². The van der Waals surface area contributed by atoms with Crippen LogP contribution in [0.1, 0.15) is 11.4 Å². The van der Waals surface area contributed by atoms with Crippen molar-refractivity contribution in [2.45, 2.75) is 13.5 Å². The second-order valence-corrected chi connectivity index (χ2v) is 6.27. The van der Waals surface area contributed by atoms with Gasteiger partial charge in [0.25, 0.3) is 0 Å². The summed E-state index contributed by atoms with van der Waals surface area (Å²) in [4.78, 5) is 8.87. The number of nitrogens with zero attached hydrogens (tertiary/aromatic N) is 2. The molecule has 1 aromatic heterocycles. The Morgan fingerprint density at radius 1 is 1.08 bits per heavy atom. The maximum Gasteiger partial charge on any atom is 0.223 e. The van der Waals surface area contributed by atoms with Crippen molar-refractivity contribution >= 4 is 15.9 Å². The predicted octanol–water partition coefficient (Wildman–Crippen LogP) is 4.47. The van der Waals surface area contributed by atoms with Gasteiger partial charge in [-0.05, 0) is 40.5 Å². The fourth-order valence-electron chi connectivity index (χ4n) is 2.44. The fraction of sp³-hybridized carbons (Fsp3) is 0.158. The van der Waals surface area contributed by atoms with Gasteiger partial charge in [0.1, 0.15) is 5.82 Å². The average Bonchev–Trinajstić information content (AvgIpc) is 2.63. The summed E-state index contributed by atoms with van der Waals surface area (Å²) >= 11 is 3.52. The van der Waals surface area contributed by atoms with Crippen LogP contribution >= 0.6 is 15.9 Å². The first-order valence-corrected chi connectivity index (χ1v) is 8.55. The van der Waals surface area contributed by atoms with Crippen LogP contribution in [0.5, 0.6) is 17.4 Å². The normalized spacial score (nSPS) is 10.6. The summed E-state index contributed by atoms with van der Waals surface area (Å²) in [6, 6.07) is 15.5. The number of aryl methyl sites for hydroxylation is 1. The van der Waals surface area contributed by atoms with Crippen molar-refractivity contribution in [1.29, 1.82) is 0 Å². The molecule has 0 aliphatic rings. The quantitative estimate of drug-likeness (QED) is 0.684. The number of ether oxygens (including phenoxy) is 2. The van der Waals surface area contributed by atoms with Gasteiger partial charge in [-0.1, -0.05) is 30.3 Å². The standard InChI is InChI=1S/C19H18BrN3O2/c1-12-22-16(14-6-4-3-5-7-14)10-18(23-12)25-19-15(20)8-13(11-21)9-17(19)24-2/h3-10H,11,21H2,1-2H3. The molecule has 0 aliphatic heterocycles. The summed E-state index contributed by atoms with van der Waals surface area (Å²) in [7, 11) is 1.59. The minimum atomic E-state index is 0.417. The Morgan fingerprint density at radius 3 is 2.52 bits per heavy atom. The van der Waals surface area contributed by atoms with Gasteiger partial charge in [0.15, 0.2) is 11.5 Å². The van der Waals surface area contributed by atoms with E-state index in [1.807, 2.05) is 55.5 Å². The third kappa shape index (κ3) is 3.97. The lowest BCUT2D eigenvalue weighted by atomic mass is 10.1. The molecule has 2 N–H and O–H groups in total. The van der Waals surface area contributed by atoms with Crippen LogP contribution in [0.3, 0.4) is 0 Å². The summed E-state index contributed by atoms with van der Waals surface area (Å²) in [5, 5.41) is 0. The van der Waals surface area contributed by atoms with Crippen LogP contribution in [0.2, 0.25) is 0 Å². The van der Waals surface area contributed by atoms with Crippen molar-refractivity contribution in [2.75, 3.05) is 7.11 Å². The first-order valence-electron chi connectivity index (χ1n) is 7.76. The summed E-state index contributed by atoms with van der Waals surface area (Å²) in [6.45, 7) is 2.25. The minimum Gasteiger partial charge on any atom is -0.493 e. The van der Waals surface area contributed by atoms with E-state index in [9.17, 15) is 0 Å². The molecule has 0 spiro atoms. The van der Waals surface area contributed by atoms with Crippen molar-refractivity contribution in [3.8, 4) is 28.6 Å². The topological polar surface area (TPSA) is 70.3 Å². The lowest BCUT2D eigenvalue weighted by Gasteiger charge is -2.14. The number of methoxy groups -OCH3 is 1. The Balaban J connectivity index is 2.00. The van der Waals surface area contributed by atoms with Gasteiger partial charge in [0.05, 0.1) is 17.3 Å². The lowest BCUT2D eigenvalue weighted by Crippen LogP contribution is -2.00. The van der Waals surface area contributed by atoms with Crippen LogP contribution in [0.25, 0.3) is 11.3 Å². The highest BCUT2D eigenvalue weighted by Gasteiger charge is 2.14. The summed E-state index contributed by atoms with van der Waals surface area (Å²) < 4.78 is 12.2. The lowest BCUT2D eigenvalue weighted by molar-refractivity contribution is 0.371. The molecule has 3 aromatic rings. The average molecular weight is 400 g/mol. The van der Waals surface area contributed by atoms with E-state index in [1.54, 1.807) is 7.11 Å². The highest BCUT2D eigenvalue weighted by Crippen LogP contribution is 2.39. The van der Waals surface area contributed by atoms with Crippen molar-refractivity contribution < 1.29 is 9.47 Å². The van der Waals surface area contributed by atoms with Gasteiger partial charge in [-0.3, -0.25) is 0 Å². The van der Waals surface area contributed by atoms with E-state index in [0.717, 1.165) is 21.3 Å². The summed E-state index contributed by atoms with van der Waals surface area (Å²) in [5.41, 5.74) is 8.46. The number of nitrogens with two attached hydrogens (primary N) is 1. The van der Waals surface area contributed by atoms with Gasteiger partial charge in [0.2, 0.25) is 5.88 Å². The van der Waals surface area contributed by atoms with Crippen LogP contribution in [0.4, 0.5) is 0 Å². The maximum atomic E-state index is 6.01. The van der Waals surface area contributed by atoms with Gasteiger partial charge in [0, 0.05) is 18.2 Å². The fourth-order valence-corrected chi connectivity index (χ4v) is 3.01. The van der Waals surface area contributed by atoms with Crippen LogP contribution in [-0.4, -0.2) is 17.1 Å². The molecule has 3 rings (SSSR count). The van der Waals surface area contributed by atoms with Gasteiger partial charge >= 0.3 is 0 Å². The molecule has 25 heavy (non-hydrogen) atoms. The highest BCUT2D eigenvalue weighted by molar-refractivity contribution is 9.10. The molecule has 5 nitrogen and oxygen atoms in total. The molecule has 0 fully saturated rings. The largest absolute Gasteiger partial charge is 0.493 e. The van der Waals surface area contributed by atoms with E-state index in [-0.39, 0.29) is 0 Å². The van der Waals surface area contributed by atoms with Crippen molar-refractivity contribution in [3.05, 3.63) is 64.4 Å². The Labute approximate surface area is 155 Å². The zero-order valence-electron chi connectivity index (χ0n) is 14.0. The van der Waals surface area contributed by atoms with Crippen LogP contribution < -0.4 is 15.2 Å². The van der Waals surface area contributed by atoms with Crippen LogP contribution in [0.15, 0.2) is 53.0 Å². The van der Waals surface area contributed by atoms with E-state index in [4.69, 9.17) is 15.2 Å². The Kier molecular flexibility index (Phi) is 5.31. The number of rotatable bonds is 5. The molecule has 1 heterocycles.